The van der Waals surface area contributed by atoms with E-state index in [1.807, 2.05) is 0 Å². The van der Waals surface area contributed by atoms with Crippen molar-refractivity contribution in [1.29, 1.82) is 0 Å². The molecule has 150 valence electrons. The van der Waals surface area contributed by atoms with Gasteiger partial charge in [-0.3, -0.25) is 14.2 Å². The molecule has 0 amide bonds. The van der Waals surface area contributed by atoms with Gasteiger partial charge in [0.2, 0.25) is 0 Å². The third-order valence-corrected chi connectivity index (χ3v) is 3.98. The molecule has 1 saturated heterocycles. The second-order valence-electron chi connectivity index (χ2n) is 6.89. The first-order valence-corrected chi connectivity index (χ1v) is 8.63. The number of hydrogen-bond acceptors (Lipinski definition) is 8. The van der Waals surface area contributed by atoms with E-state index in [1.54, 1.807) is 27.7 Å². The molecule has 0 aliphatic carbocycles. The van der Waals surface area contributed by atoms with Crippen LogP contribution in [0.1, 0.15) is 33.9 Å². The molecule has 1 fully saturated rings. The number of aromatic nitrogens is 2. The molecule has 0 aromatic carbocycles. The summed E-state index contributed by atoms with van der Waals surface area (Å²) in [6.07, 6.45) is -4.42. The number of nitrogens with zero attached hydrogens (tertiary/aromatic N) is 2. The van der Waals surface area contributed by atoms with Gasteiger partial charge in [0, 0.05) is 6.20 Å². The Labute approximate surface area is 155 Å². The summed E-state index contributed by atoms with van der Waals surface area (Å²) in [5.74, 6) is -2.03. The molecule has 2 rings (SSSR count). The van der Waals surface area contributed by atoms with Gasteiger partial charge in [0.15, 0.2) is 18.5 Å². The van der Waals surface area contributed by atoms with Crippen molar-refractivity contribution < 1.29 is 28.2 Å². The number of anilines is 1. The maximum absolute atomic E-state index is 15.0. The number of carbonyl (C=O) groups is 2. The van der Waals surface area contributed by atoms with Crippen LogP contribution in [0.5, 0.6) is 0 Å². The molecule has 0 spiro atoms. The number of nitrogen functional groups attached to an aromatic ring is 1. The van der Waals surface area contributed by atoms with Crippen molar-refractivity contribution in [2.45, 2.75) is 52.3 Å². The number of alkyl halides is 1. The SMILES string of the molecule is CC(C)C(=O)OC[C@H]1O[C@@H](n2ccc(N)nc2=O)[C@@H](F)C1OC(=O)C(C)C. The van der Waals surface area contributed by atoms with E-state index in [0.717, 1.165) is 4.57 Å². The third-order valence-electron chi connectivity index (χ3n) is 3.98. The van der Waals surface area contributed by atoms with E-state index in [-0.39, 0.29) is 18.3 Å². The van der Waals surface area contributed by atoms with Gasteiger partial charge in [0.05, 0.1) is 11.8 Å². The second-order valence-corrected chi connectivity index (χ2v) is 6.89. The number of carbonyl (C=O) groups excluding carboxylic acids is 2. The lowest BCUT2D eigenvalue weighted by molar-refractivity contribution is -0.163. The van der Waals surface area contributed by atoms with E-state index in [2.05, 4.69) is 4.98 Å². The standard InChI is InChI=1S/C17H24FN3O6/c1-8(2)15(22)25-7-10-13(27-16(23)9(3)4)12(18)14(26-10)21-6-5-11(19)20-17(21)24/h5-6,8-10,12-14H,7H2,1-4H3,(H2,19,20,24)/t10-,12+,13?,14-/m1/s1. The van der Waals surface area contributed by atoms with Crippen LogP contribution < -0.4 is 11.4 Å². The number of hydrogen-bond donors (Lipinski definition) is 1. The van der Waals surface area contributed by atoms with Gasteiger partial charge in [-0.25, -0.2) is 9.18 Å². The second kappa shape index (κ2) is 8.47. The van der Waals surface area contributed by atoms with Gasteiger partial charge in [0.25, 0.3) is 0 Å². The number of esters is 2. The van der Waals surface area contributed by atoms with Gasteiger partial charge in [0.1, 0.15) is 18.5 Å². The van der Waals surface area contributed by atoms with Crippen molar-refractivity contribution in [3.8, 4) is 0 Å². The highest BCUT2D eigenvalue weighted by Gasteiger charge is 2.49. The summed E-state index contributed by atoms with van der Waals surface area (Å²) < 4.78 is 31.8. The molecule has 4 atom stereocenters. The molecule has 0 bridgehead atoms. The van der Waals surface area contributed by atoms with Gasteiger partial charge in [-0.2, -0.15) is 4.98 Å². The first kappa shape index (κ1) is 20.8. The summed E-state index contributed by atoms with van der Waals surface area (Å²) in [6, 6.07) is 1.32. The molecular formula is C17H24FN3O6. The zero-order valence-corrected chi connectivity index (χ0v) is 15.6. The minimum absolute atomic E-state index is 0.0187. The van der Waals surface area contributed by atoms with Crippen molar-refractivity contribution in [3.63, 3.8) is 0 Å². The highest BCUT2D eigenvalue weighted by Crippen LogP contribution is 2.34. The van der Waals surface area contributed by atoms with Crippen molar-refractivity contribution in [3.05, 3.63) is 22.7 Å². The quantitative estimate of drug-likeness (QED) is 0.714. The summed E-state index contributed by atoms with van der Waals surface area (Å²) in [6.45, 7) is 6.18. The Balaban J connectivity index is 2.24. The third kappa shape index (κ3) is 4.82. The van der Waals surface area contributed by atoms with Crippen LogP contribution >= 0.6 is 0 Å². The average Bonchev–Trinajstić information content (AvgIpc) is 2.88. The highest BCUT2D eigenvalue weighted by molar-refractivity contribution is 5.72. The van der Waals surface area contributed by atoms with E-state index in [9.17, 15) is 14.4 Å². The Bertz CT molecular complexity index is 750. The number of nitrogens with two attached hydrogens (primary N) is 1. The molecule has 1 unspecified atom stereocenters. The highest BCUT2D eigenvalue weighted by atomic mass is 19.1. The molecule has 9 nitrogen and oxygen atoms in total. The monoisotopic (exact) mass is 385 g/mol. The molecule has 1 aromatic rings. The van der Waals surface area contributed by atoms with Crippen LogP contribution in [0.25, 0.3) is 0 Å². The number of halogens is 1. The van der Waals surface area contributed by atoms with Crippen LogP contribution in [0.4, 0.5) is 10.2 Å². The molecule has 1 aliphatic heterocycles. The fourth-order valence-electron chi connectivity index (χ4n) is 2.41. The maximum atomic E-state index is 15.0. The van der Waals surface area contributed by atoms with Crippen LogP contribution in [0.15, 0.2) is 17.1 Å². The molecule has 2 heterocycles. The Hall–Kier alpha value is -2.49. The van der Waals surface area contributed by atoms with E-state index < -0.39 is 48.2 Å². The first-order chi connectivity index (χ1) is 12.6. The molecule has 10 heteroatoms. The number of rotatable bonds is 6. The van der Waals surface area contributed by atoms with E-state index in [4.69, 9.17) is 19.9 Å². The van der Waals surface area contributed by atoms with Gasteiger partial charge < -0.3 is 19.9 Å². The topological polar surface area (TPSA) is 123 Å². The smallest absolute Gasteiger partial charge is 0.351 e. The fourth-order valence-corrected chi connectivity index (χ4v) is 2.41. The molecule has 1 aromatic heterocycles. The van der Waals surface area contributed by atoms with Crippen LogP contribution in [-0.4, -0.2) is 46.5 Å². The Morgan fingerprint density at radius 3 is 2.48 bits per heavy atom. The lowest BCUT2D eigenvalue weighted by atomic mass is 10.1. The van der Waals surface area contributed by atoms with Gasteiger partial charge in [-0.15, -0.1) is 0 Å². The summed E-state index contributed by atoms with van der Waals surface area (Å²) in [5.41, 5.74) is 4.63. The largest absolute Gasteiger partial charge is 0.463 e. The summed E-state index contributed by atoms with van der Waals surface area (Å²) in [5, 5.41) is 0. The first-order valence-electron chi connectivity index (χ1n) is 8.63. The van der Waals surface area contributed by atoms with Crippen LogP contribution in [0.2, 0.25) is 0 Å². The summed E-state index contributed by atoms with van der Waals surface area (Å²) >= 11 is 0. The maximum Gasteiger partial charge on any atom is 0.351 e. The lowest BCUT2D eigenvalue weighted by Gasteiger charge is -2.21. The fraction of sp³-hybridized carbons (Fsp3) is 0.647. The van der Waals surface area contributed by atoms with Crippen molar-refractivity contribution >= 4 is 17.8 Å². The van der Waals surface area contributed by atoms with Gasteiger partial charge >= 0.3 is 17.6 Å². The van der Waals surface area contributed by atoms with E-state index in [0.29, 0.717) is 0 Å². The minimum Gasteiger partial charge on any atom is -0.463 e. The molecule has 1 aliphatic rings. The van der Waals surface area contributed by atoms with Crippen LogP contribution in [0.3, 0.4) is 0 Å². The van der Waals surface area contributed by atoms with E-state index >= 15 is 4.39 Å². The Morgan fingerprint density at radius 2 is 1.93 bits per heavy atom. The number of ether oxygens (including phenoxy) is 3. The Kier molecular flexibility index (Phi) is 6.53. The van der Waals surface area contributed by atoms with Crippen LogP contribution in [-0.2, 0) is 23.8 Å². The predicted octanol–water partition coefficient (Wildman–Crippen LogP) is 0.828. The minimum atomic E-state index is -1.86. The molecule has 2 N–H and O–H groups in total. The normalized spacial score (nSPS) is 25.0. The van der Waals surface area contributed by atoms with Gasteiger partial charge in [-0.05, 0) is 6.07 Å². The van der Waals surface area contributed by atoms with Crippen molar-refractivity contribution in [1.82, 2.24) is 9.55 Å². The van der Waals surface area contributed by atoms with Gasteiger partial charge in [-0.1, -0.05) is 27.7 Å². The van der Waals surface area contributed by atoms with Crippen molar-refractivity contribution in [2.75, 3.05) is 12.3 Å². The predicted molar refractivity (Wildman–Crippen MR) is 92.2 cm³/mol. The lowest BCUT2D eigenvalue weighted by Crippen LogP contribution is -2.38. The summed E-state index contributed by atoms with van der Waals surface area (Å²) in [7, 11) is 0. The zero-order chi connectivity index (χ0) is 20.3. The molecule has 0 saturated carbocycles. The van der Waals surface area contributed by atoms with Crippen LogP contribution in [0, 0.1) is 11.8 Å². The zero-order valence-electron chi connectivity index (χ0n) is 15.6. The van der Waals surface area contributed by atoms with E-state index in [1.165, 1.54) is 12.3 Å². The average molecular weight is 385 g/mol. The molecular weight excluding hydrogens is 361 g/mol. The molecule has 0 radical (unpaired) electrons. The Morgan fingerprint density at radius 1 is 1.30 bits per heavy atom. The van der Waals surface area contributed by atoms with Crippen molar-refractivity contribution in [2.24, 2.45) is 11.8 Å². The summed E-state index contributed by atoms with van der Waals surface area (Å²) in [4.78, 5) is 39.2. The molecule has 27 heavy (non-hydrogen) atoms.